The van der Waals surface area contributed by atoms with Crippen molar-refractivity contribution < 1.29 is 4.79 Å². The van der Waals surface area contributed by atoms with Crippen molar-refractivity contribution in [2.24, 2.45) is 0 Å². The average molecular weight is 262 g/mol. The van der Waals surface area contributed by atoms with Gasteiger partial charge >= 0.3 is 0 Å². The number of anilines is 2. The molecule has 0 atom stereocenters. The van der Waals surface area contributed by atoms with Crippen molar-refractivity contribution >= 4 is 17.4 Å². The molecule has 0 radical (unpaired) electrons. The van der Waals surface area contributed by atoms with Gasteiger partial charge in [-0.15, -0.1) is 0 Å². The summed E-state index contributed by atoms with van der Waals surface area (Å²) >= 11 is 0. The van der Waals surface area contributed by atoms with Crippen molar-refractivity contribution in [3.63, 3.8) is 0 Å². The Morgan fingerprint density at radius 3 is 2.84 bits per heavy atom. The predicted molar refractivity (Wildman–Crippen MR) is 76.8 cm³/mol. The van der Waals surface area contributed by atoms with Gasteiger partial charge in [0.25, 0.3) is 0 Å². The number of hydrogen-bond acceptors (Lipinski definition) is 5. The molecule has 0 spiro atoms. The van der Waals surface area contributed by atoms with Crippen LogP contribution >= 0.6 is 0 Å². The van der Waals surface area contributed by atoms with Crippen molar-refractivity contribution in [1.82, 2.24) is 9.97 Å². The van der Waals surface area contributed by atoms with Crippen molar-refractivity contribution in [3.05, 3.63) is 11.9 Å². The largest absolute Gasteiger partial charge is 0.360 e. The maximum absolute atomic E-state index is 11.4. The second-order valence-electron chi connectivity index (χ2n) is 5.12. The van der Waals surface area contributed by atoms with Gasteiger partial charge in [0.1, 0.15) is 17.5 Å². The van der Waals surface area contributed by atoms with E-state index < -0.39 is 0 Å². The lowest BCUT2D eigenvalue weighted by Crippen LogP contribution is -2.24. The summed E-state index contributed by atoms with van der Waals surface area (Å²) in [4.78, 5) is 24.5. The van der Waals surface area contributed by atoms with Crippen LogP contribution in [0.1, 0.15) is 32.0 Å². The van der Waals surface area contributed by atoms with Gasteiger partial charge in [0.15, 0.2) is 5.78 Å². The van der Waals surface area contributed by atoms with Crippen molar-refractivity contribution in [2.45, 2.75) is 33.1 Å². The standard InChI is InChI=1S/C14H22N4O/c1-4-5-7-17(3)13-9-14(16-11(2)15-13)18-8-6-12(19)10-18/h9H,4-8,10H2,1-3H3. The summed E-state index contributed by atoms with van der Waals surface area (Å²) in [5.41, 5.74) is 0. The minimum absolute atomic E-state index is 0.289. The molecule has 5 heteroatoms. The van der Waals surface area contributed by atoms with Crippen LogP contribution in [0.25, 0.3) is 0 Å². The monoisotopic (exact) mass is 262 g/mol. The van der Waals surface area contributed by atoms with Gasteiger partial charge in [-0.25, -0.2) is 9.97 Å². The Labute approximate surface area is 114 Å². The Kier molecular flexibility index (Phi) is 4.35. The molecule has 1 aliphatic heterocycles. The minimum atomic E-state index is 0.289. The van der Waals surface area contributed by atoms with E-state index in [1.165, 1.54) is 6.42 Å². The molecule has 1 aliphatic rings. The van der Waals surface area contributed by atoms with Gasteiger partial charge in [0.2, 0.25) is 0 Å². The fraction of sp³-hybridized carbons (Fsp3) is 0.643. The lowest BCUT2D eigenvalue weighted by Gasteiger charge is -2.21. The Hall–Kier alpha value is -1.65. The molecule has 0 unspecified atom stereocenters. The van der Waals surface area contributed by atoms with Gasteiger partial charge in [-0.05, 0) is 13.3 Å². The van der Waals surface area contributed by atoms with Crippen molar-refractivity contribution in [3.8, 4) is 0 Å². The van der Waals surface area contributed by atoms with Crippen LogP contribution in [0.5, 0.6) is 0 Å². The molecule has 0 N–H and O–H groups in total. The van der Waals surface area contributed by atoms with E-state index in [2.05, 4.69) is 28.8 Å². The molecule has 5 nitrogen and oxygen atoms in total. The van der Waals surface area contributed by atoms with E-state index in [1.54, 1.807) is 0 Å². The number of unbranched alkanes of at least 4 members (excludes halogenated alkanes) is 1. The normalized spacial score (nSPS) is 15.1. The quantitative estimate of drug-likeness (QED) is 0.810. The number of carbonyl (C=O) groups excluding carboxylic acids is 1. The van der Waals surface area contributed by atoms with E-state index in [-0.39, 0.29) is 5.78 Å². The highest BCUT2D eigenvalue weighted by Crippen LogP contribution is 2.21. The molecular weight excluding hydrogens is 240 g/mol. The van der Waals surface area contributed by atoms with Crippen LogP contribution in [0.3, 0.4) is 0 Å². The van der Waals surface area contributed by atoms with E-state index in [1.807, 2.05) is 17.9 Å². The van der Waals surface area contributed by atoms with Gasteiger partial charge in [0, 0.05) is 32.6 Å². The van der Waals surface area contributed by atoms with Crippen LogP contribution in [0.4, 0.5) is 11.6 Å². The molecule has 1 saturated heterocycles. The lowest BCUT2D eigenvalue weighted by molar-refractivity contribution is -0.116. The summed E-state index contributed by atoms with van der Waals surface area (Å²) in [6.45, 7) is 6.33. The fourth-order valence-electron chi connectivity index (χ4n) is 2.23. The number of nitrogens with zero attached hydrogens (tertiary/aromatic N) is 4. The van der Waals surface area contributed by atoms with E-state index in [4.69, 9.17) is 0 Å². The zero-order valence-corrected chi connectivity index (χ0v) is 12.0. The Bertz CT molecular complexity index is 461. The van der Waals surface area contributed by atoms with E-state index >= 15 is 0 Å². The summed E-state index contributed by atoms with van der Waals surface area (Å²) in [6, 6.07) is 1.99. The van der Waals surface area contributed by atoms with Crippen LogP contribution in [0.2, 0.25) is 0 Å². The minimum Gasteiger partial charge on any atom is -0.360 e. The number of aryl methyl sites for hydroxylation is 1. The molecule has 1 aromatic heterocycles. The summed E-state index contributed by atoms with van der Waals surface area (Å²) < 4.78 is 0. The first-order valence-electron chi connectivity index (χ1n) is 6.93. The Morgan fingerprint density at radius 2 is 2.21 bits per heavy atom. The van der Waals surface area contributed by atoms with Crippen LogP contribution < -0.4 is 9.80 Å². The number of carbonyl (C=O) groups is 1. The van der Waals surface area contributed by atoms with Gasteiger partial charge in [0.05, 0.1) is 6.54 Å². The Morgan fingerprint density at radius 1 is 1.42 bits per heavy atom. The maximum Gasteiger partial charge on any atom is 0.153 e. The SMILES string of the molecule is CCCCN(C)c1cc(N2CCC(=O)C2)nc(C)n1. The highest BCUT2D eigenvalue weighted by Gasteiger charge is 2.21. The third-order valence-electron chi connectivity index (χ3n) is 3.40. The third kappa shape index (κ3) is 3.43. The maximum atomic E-state index is 11.4. The smallest absolute Gasteiger partial charge is 0.153 e. The average Bonchev–Trinajstić information content (AvgIpc) is 2.82. The second-order valence-corrected chi connectivity index (χ2v) is 5.12. The molecule has 0 bridgehead atoms. The fourth-order valence-corrected chi connectivity index (χ4v) is 2.23. The molecule has 104 valence electrons. The molecule has 0 amide bonds. The van der Waals surface area contributed by atoms with Crippen LogP contribution in [-0.4, -0.2) is 42.4 Å². The van der Waals surface area contributed by atoms with Crippen molar-refractivity contribution in [2.75, 3.05) is 36.5 Å². The van der Waals surface area contributed by atoms with Crippen molar-refractivity contribution in [1.29, 1.82) is 0 Å². The zero-order chi connectivity index (χ0) is 13.8. The summed E-state index contributed by atoms with van der Waals surface area (Å²) in [7, 11) is 2.05. The summed E-state index contributed by atoms with van der Waals surface area (Å²) in [5, 5.41) is 0. The highest BCUT2D eigenvalue weighted by molar-refractivity contribution is 5.86. The first-order chi connectivity index (χ1) is 9.10. The van der Waals surface area contributed by atoms with E-state index in [9.17, 15) is 4.79 Å². The molecular formula is C14H22N4O. The summed E-state index contributed by atoms with van der Waals surface area (Å²) in [6.07, 6.45) is 2.95. The van der Waals surface area contributed by atoms with Gasteiger partial charge in [-0.2, -0.15) is 0 Å². The predicted octanol–water partition coefficient (Wildman–Crippen LogP) is 1.80. The zero-order valence-electron chi connectivity index (χ0n) is 12.0. The molecule has 0 saturated carbocycles. The first kappa shape index (κ1) is 13.8. The molecule has 19 heavy (non-hydrogen) atoms. The van der Waals surface area contributed by atoms with Gasteiger partial charge < -0.3 is 9.80 Å². The molecule has 2 heterocycles. The van der Waals surface area contributed by atoms with E-state index in [0.717, 1.165) is 37.0 Å². The van der Waals surface area contributed by atoms with Gasteiger partial charge in [-0.1, -0.05) is 13.3 Å². The molecule has 0 aromatic carbocycles. The second kappa shape index (κ2) is 5.99. The Balaban J connectivity index is 2.17. The van der Waals surface area contributed by atoms with Crippen LogP contribution in [0, 0.1) is 6.92 Å². The number of ketones is 1. The third-order valence-corrected chi connectivity index (χ3v) is 3.40. The number of aromatic nitrogens is 2. The highest BCUT2D eigenvalue weighted by atomic mass is 16.1. The van der Waals surface area contributed by atoms with E-state index in [0.29, 0.717) is 13.0 Å². The number of hydrogen-bond donors (Lipinski definition) is 0. The topological polar surface area (TPSA) is 49.3 Å². The molecule has 0 aliphatic carbocycles. The summed E-state index contributed by atoms with van der Waals surface area (Å²) in [5.74, 6) is 2.86. The van der Waals surface area contributed by atoms with Gasteiger partial charge in [-0.3, -0.25) is 4.79 Å². The molecule has 2 rings (SSSR count). The molecule has 1 aromatic rings. The number of Topliss-reactive ketones (excluding diaryl/α,β-unsaturated/α-hetero) is 1. The number of rotatable bonds is 5. The first-order valence-corrected chi connectivity index (χ1v) is 6.93. The lowest BCUT2D eigenvalue weighted by atomic mass is 10.3. The molecule has 1 fully saturated rings. The van der Waals surface area contributed by atoms with Crippen LogP contribution in [0.15, 0.2) is 6.07 Å². The van der Waals surface area contributed by atoms with Crippen LogP contribution in [-0.2, 0) is 4.79 Å².